The van der Waals surface area contributed by atoms with E-state index in [0.29, 0.717) is 6.10 Å². The van der Waals surface area contributed by atoms with Crippen molar-refractivity contribution >= 4 is 0 Å². The lowest BCUT2D eigenvalue weighted by Gasteiger charge is -2.45. The molecule has 2 saturated carbocycles. The Morgan fingerprint density at radius 1 is 1.19 bits per heavy atom. The van der Waals surface area contributed by atoms with Crippen LogP contribution in [-0.2, 0) is 4.74 Å². The van der Waals surface area contributed by atoms with E-state index in [0.717, 1.165) is 29.6 Å². The van der Waals surface area contributed by atoms with Crippen molar-refractivity contribution in [2.24, 2.45) is 29.6 Å². The lowest BCUT2D eigenvalue weighted by Crippen LogP contribution is -2.44. The Hall–Kier alpha value is -0.0400. The van der Waals surface area contributed by atoms with Crippen molar-refractivity contribution in [2.75, 3.05) is 0 Å². The zero-order valence-electron chi connectivity index (χ0n) is 11.2. The standard InChI is InChI=1S/C15H26O/c1-9(2)11-7-8-15(4)12-6-5-10(3)14(16-15)13(11)12/h9-14H,5-8H2,1-4H3. The SMILES string of the molecule is CC(C)C1CCC2(C)OC3C(C)CCC2C13. The lowest BCUT2D eigenvalue weighted by atomic mass is 9.57. The highest BCUT2D eigenvalue weighted by atomic mass is 16.5. The van der Waals surface area contributed by atoms with E-state index in [4.69, 9.17) is 4.74 Å². The van der Waals surface area contributed by atoms with Crippen molar-refractivity contribution in [2.45, 2.75) is 65.1 Å². The van der Waals surface area contributed by atoms with E-state index in [-0.39, 0.29) is 5.60 Å². The summed E-state index contributed by atoms with van der Waals surface area (Å²) in [5, 5.41) is 0. The van der Waals surface area contributed by atoms with Crippen LogP contribution in [0.2, 0.25) is 0 Å². The van der Waals surface area contributed by atoms with Crippen molar-refractivity contribution < 1.29 is 4.74 Å². The summed E-state index contributed by atoms with van der Waals surface area (Å²) >= 11 is 0. The fraction of sp³-hybridized carbons (Fsp3) is 1.00. The van der Waals surface area contributed by atoms with Gasteiger partial charge >= 0.3 is 0 Å². The van der Waals surface area contributed by atoms with Gasteiger partial charge in [0.1, 0.15) is 0 Å². The van der Waals surface area contributed by atoms with Gasteiger partial charge in [-0.2, -0.15) is 0 Å². The Labute approximate surface area is 99.9 Å². The average molecular weight is 222 g/mol. The minimum absolute atomic E-state index is 0.242. The summed E-state index contributed by atoms with van der Waals surface area (Å²) in [6.45, 7) is 9.61. The minimum Gasteiger partial charge on any atom is -0.371 e. The van der Waals surface area contributed by atoms with Gasteiger partial charge in [-0.25, -0.2) is 0 Å². The Morgan fingerprint density at radius 3 is 2.62 bits per heavy atom. The third-order valence-electron chi connectivity index (χ3n) is 5.85. The van der Waals surface area contributed by atoms with E-state index >= 15 is 0 Å². The Balaban J connectivity index is 1.94. The molecule has 0 aromatic rings. The average Bonchev–Trinajstić information content (AvgIpc) is 2.33. The highest BCUT2D eigenvalue weighted by Gasteiger charge is 2.60. The van der Waals surface area contributed by atoms with E-state index in [1.807, 2.05) is 0 Å². The normalized spacial score (nSPS) is 55.7. The summed E-state index contributed by atoms with van der Waals surface area (Å²) < 4.78 is 6.49. The van der Waals surface area contributed by atoms with Gasteiger partial charge in [-0.3, -0.25) is 0 Å². The van der Waals surface area contributed by atoms with Crippen molar-refractivity contribution in [1.82, 2.24) is 0 Å². The van der Waals surface area contributed by atoms with Crippen LogP contribution in [0.3, 0.4) is 0 Å². The molecule has 4 bridgehead atoms. The van der Waals surface area contributed by atoms with Crippen molar-refractivity contribution in [3.8, 4) is 0 Å². The summed E-state index contributed by atoms with van der Waals surface area (Å²) in [5.41, 5.74) is 0.242. The molecule has 3 aliphatic rings. The second-order valence-corrected chi connectivity index (χ2v) is 7.08. The minimum atomic E-state index is 0.242. The number of hydrogen-bond donors (Lipinski definition) is 0. The molecule has 6 unspecified atom stereocenters. The molecular formula is C15H26O. The molecule has 0 radical (unpaired) electrons. The molecule has 2 aliphatic carbocycles. The monoisotopic (exact) mass is 222 g/mol. The smallest absolute Gasteiger partial charge is 0.0690 e. The molecule has 6 atom stereocenters. The Morgan fingerprint density at radius 2 is 1.94 bits per heavy atom. The summed E-state index contributed by atoms with van der Waals surface area (Å²) in [6.07, 6.45) is 6.10. The molecule has 1 heteroatoms. The maximum Gasteiger partial charge on any atom is 0.0690 e. The van der Waals surface area contributed by atoms with E-state index in [1.165, 1.54) is 25.7 Å². The van der Waals surface area contributed by atoms with Crippen LogP contribution in [0.25, 0.3) is 0 Å². The Kier molecular flexibility index (Phi) is 2.41. The zero-order valence-corrected chi connectivity index (χ0v) is 11.2. The van der Waals surface area contributed by atoms with Crippen LogP contribution >= 0.6 is 0 Å². The van der Waals surface area contributed by atoms with Crippen molar-refractivity contribution in [1.29, 1.82) is 0 Å². The first-order valence-corrected chi connectivity index (χ1v) is 7.21. The van der Waals surface area contributed by atoms with Gasteiger partial charge in [0, 0.05) is 0 Å². The summed E-state index contributed by atoms with van der Waals surface area (Å²) in [5.74, 6) is 4.31. The summed E-state index contributed by atoms with van der Waals surface area (Å²) in [4.78, 5) is 0. The molecule has 0 amide bonds. The first-order chi connectivity index (χ1) is 7.53. The number of ether oxygens (including phenoxy) is 1. The molecule has 3 fully saturated rings. The lowest BCUT2D eigenvalue weighted by molar-refractivity contribution is -0.0524. The maximum absolute atomic E-state index is 6.49. The second-order valence-electron chi connectivity index (χ2n) is 7.08. The predicted octanol–water partition coefficient (Wildman–Crippen LogP) is 3.87. The largest absolute Gasteiger partial charge is 0.371 e. The van der Waals surface area contributed by atoms with Crippen LogP contribution in [0, 0.1) is 29.6 Å². The molecule has 1 saturated heterocycles. The van der Waals surface area contributed by atoms with E-state index in [9.17, 15) is 0 Å². The highest BCUT2D eigenvalue weighted by Crippen LogP contribution is 2.60. The molecule has 92 valence electrons. The fourth-order valence-corrected chi connectivity index (χ4v) is 4.92. The maximum atomic E-state index is 6.49. The third-order valence-corrected chi connectivity index (χ3v) is 5.85. The van der Waals surface area contributed by atoms with Crippen LogP contribution < -0.4 is 0 Å². The molecule has 0 N–H and O–H groups in total. The molecule has 16 heavy (non-hydrogen) atoms. The van der Waals surface area contributed by atoms with Gasteiger partial charge in [0.15, 0.2) is 0 Å². The highest BCUT2D eigenvalue weighted by molar-refractivity contribution is 5.08. The number of rotatable bonds is 1. The van der Waals surface area contributed by atoms with E-state index < -0.39 is 0 Å². The van der Waals surface area contributed by atoms with Crippen LogP contribution in [0.5, 0.6) is 0 Å². The molecule has 1 heterocycles. The van der Waals surface area contributed by atoms with Gasteiger partial charge in [-0.15, -0.1) is 0 Å². The number of hydrogen-bond acceptors (Lipinski definition) is 1. The van der Waals surface area contributed by atoms with Gasteiger partial charge < -0.3 is 4.74 Å². The van der Waals surface area contributed by atoms with Gasteiger partial charge in [-0.05, 0) is 62.2 Å². The van der Waals surface area contributed by atoms with Crippen LogP contribution in [-0.4, -0.2) is 11.7 Å². The Bertz CT molecular complexity index is 285. The van der Waals surface area contributed by atoms with Gasteiger partial charge in [0.25, 0.3) is 0 Å². The first-order valence-electron chi connectivity index (χ1n) is 7.21. The summed E-state index contributed by atoms with van der Waals surface area (Å²) in [6, 6.07) is 0. The molecule has 0 spiro atoms. The predicted molar refractivity (Wildman–Crippen MR) is 66.2 cm³/mol. The van der Waals surface area contributed by atoms with Gasteiger partial charge in [0.2, 0.25) is 0 Å². The van der Waals surface area contributed by atoms with Gasteiger partial charge in [0.05, 0.1) is 11.7 Å². The van der Waals surface area contributed by atoms with E-state index in [2.05, 4.69) is 27.7 Å². The third kappa shape index (κ3) is 1.33. The van der Waals surface area contributed by atoms with Crippen LogP contribution in [0.1, 0.15) is 53.4 Å². The molecular weight excluding hydrogens is 196 g/mol. The first kappa shape index (κ1) is 11.1. The molecule has 1 aliphatic heterocycles. The molecule has 0 aromatic carbocycles. The summed E-state index contributed by atoms with van der Waals surface area (Å²) in [7, 11) is 0. The fourth-order valence-electron chi connectivity index (χ4n) is 4.92. The zero-order chi connectivity index (χ0) is 11.5. The van der Waals surface area contributed by atoms with Crippen LogP contribution in [0.4, 0.5) is 0 Å². The van der Waals surface area contributed by atoms with Gasteiger partial charge in [-0.1, -0.05) is 20.8 Å². The quantitative estimate of drug-likeness (QED) is 0.654. The van der Waals surface area contributed by atoms with Crippen molar-refractivity contribution in [3.05, 3.63) is 0 Å². The molecule has 3 rings (SSSR count). The molecule has 1 nitrogen and oxygen atoms in total. The molecule has 0 aromatic heterocycles. The van der Waals surface area contributed by atoms with E-state index in [1.54, 1.807) is 0 Å². The topological polar surface area (TPSA) is 9.23 Å². The van der Waals surface area contributed by atoms with Crippen LogP contribution in [0.15, 0.2) is 0 Å². The van der Waals surface area contributed by atoms with Crippen molar-refractivity contribution in [3.63, 3.8) is 0 Å². The second kappa shape index (κ2) is 3.48.